The molecule has 2 aromatic heterocycles. The number of hydrogen-bond acceptors (Lipinski definition) is 9. The number of aromatic nitrogens is 4. The van der Waals surface area contributed by atoms with Crippen molar-refractivity contribution in [1.29, 1.82) is 0 Å². The van der Waals surface area contributed by atoms with Gasteiger partial charge in [0.15, 0.2) is 5.52 Å². The number of aliphatic hydroxyl groups excluding tert-OH is 1. The van der Waals surface area contributed by atoms with Gasteiger partial charge >= 0.3 is 7.60 Å². The van der Waals surface area contributed by atoms with Gasteiger partial charge in [0.1, 0.15) is 19.3 Å². The number of aliphatic hydroxyl groups is 1. The third-order valence-electron chi connectivity index (χ3n) is 3.04. The topological polar surface area (TPSA) is 175 Å². The fourth-order valence-electron chi connectivity index (χ4n) is 1.91. The highest BCUT2D eigenvalue weighted by Gasteiger charge is 2.20. The number of aromatic amines is 1. The molecule has 0 aromatic carbocycles. The second-order valence-electron chi connectivity index (χ2n) is 5.09. The summed E-state index contributed by atoms with van der Waals surface area (Å²) in [5.41, 5.74) is 5.18. The van der Waals surface area contributed by atoms with Crippen LogP contribution >= 0.6 is 7.60 Å². The van der Waals surface area contributed by atoms with Gasteiger partial charge in [-0.25, -0.2) is 4.98 Å². The minimum absolute atomic E-state index is 0.0132. The zero-order chi connectivity index (χ0) is 18.4. The van der Waals surface area contributed by atoms with Crippen LogP contribution in [0, 0.1) is 5.92 Å². The quantitative estimate of drug-likeness (QED) is 0.373. The fraction of sp³-hybridized carbons (Fsp3) is 0.583. The van der Waals surface area contributed by atoms with Crippen LogP contribution in [-0.2, 0) is 13.8 Å². The largest absolute Gasteiger partial charge is 0.410 e. The fourth-order valence-corrected chi connectivity index (χ4v) is 2.73. The molecule has 0 radical (unpaired) electrons. The number of fused-ring (bicyclic) bond motifs is 1. The van der Waals surface area contributed by atoms with Gasteiger partial charge in [-0.15, -0.1) is 0 Å². The van der Waals surface area contributed by atoms with E-state index in [9.17, 15) is 19.4 Å². The minimum Gasteiger partial charge on any atom is -0.410 e. The van der Waals surface area contributed by atoms with Crippen molar-refractivity contribution in [2.45, 2.75) is 6.92 Å². The maximum atomic E-state index is 11.7. The Bertz CT molecular complexity index is 807. The molecule has 13 heteroatoms. The standard InChI is InChI=1S/C12H20N5O7P/c1-2-24-25(20,21)7-22-4-8(3-18)5-23-17-6-14-9-10(17)15-12(13)16-11(9)19/h6,8,18H,2-5,7H2,1H3,(H,20,21)(H3,13,15,16,19). The zero-order valence-electron chi connectivity index (χ0n) is 13.5. The van der Waals surface area contributed by atoms with Crippen LogP contribution in [0.4, 0.5) is 5.95 Å². The summed E-state index contributed by atoms with van der Waals surface area (Å²) in [7, 11) is -3.79. The Hall–Kier alpha value is -1.98. The van der Waals surface area contributed by atoms with Crippen LogP contribution in [0.3, 0.4) is 0 Å². The van der Waals surface area contributed by atoms with Gasteiger partial charge in [0.05, 0.1) is 19.8 Å². The van der Waals surface area contributed by atoms with Crippen LogP contribution in [0.15, 0.2) is 11.1 Å². The molecule has 5 N–H and O–H groups in total. The molecule has 0 aliphatic rings. The molecular weight excluding hydrogens is 357 g/mol. The summed E-state index contributed by atoms with van der Waals surface area (Å²) in [6, 6.07) is 0. The third kappa shape index (κ3) is 5.25. The van der Waals surface area contributed by atoms with Crippen LogP contribution < -0.4 is 16.1 Å². The van der Waals surface area contributed by atoms with E-state index in [0.29, 0.717) is 0 Å². The summed E-state index contributed by atoms with van der Waals surface area (Å²) in [5, 5.41) is 9.35. The van der Waals surface area contributed by atoms with Crippen molar-refractivity contribution in [2.75, 3.05) is 38.5 Å². The lowest BCUT2D eigenvalue weighted by molar-refractivity contribution is 0.0189. The highest BCUT2D eigenvalue weighted by Crippen LogP contribution is 2.41. The Labute approximate surface area is 142 Å². The molecule has 2 rings (SSSR count). The van der Waals surface area contributed by atoms with Gasteiger partial charge in [-0.3, -0.25) is 14.3 Å². The number of nitrogens with one attached hydrogen (secondary N) is 1. The van der Waals surface area contributed by atoms with E-state index in [-0.39, 0.29) is 43.5 Å². The van der Waals surface area contributed by atoms with Crippen LogP contribution in [0.25, 0.3) is 11.2 Å². The number of anilines is 1. The lowest BCUT2D eigenvalue weighted by atomic mass is 10.2. The first-order valence-electron chi connectivity index (χ1n) is 7.37. The van der Waals surface area contributed by atoms with Crippen molar-refractivity contribution >= 4 is 24.7 Å². The predicted octanol–water partition coefficient (Wildman–Crippen LogP) is -1.07. The first-order chi connectivity index (χ1) is 11.9. The maximum absolute atomic E-state index is 11.7. The van der Waals surface area contributed by atoms with Gasteiger partial charge in [0, 0.05) is 5.92 Å². The smallest absolute Gasteiger partial charge is 0.353 e. The van der Waals surface area contributed by atoms with Gasteiger partial charge < -0.3 is 29.8 Å². The van der Waals surface area contributed by atoms with Crippen molar-refractivity contribution in [2.24, 2.45) is 5.92 Å². The Morgan fingerprint density at radius 2 is 2.24 bits per heavy atom. The number of rotatable bonds is 10. The number of ether oxygens (including phenoxy) is 1. The first kappa shape index (κ1) is 19.3. The molecule has 0 fully saturated rings. The molecule has 0 amide bonds. The molecule has 12 nitrogen and oxygen atoms in total. The molecule has 0 spiro atoms. The summed E-state index contributed by atoms with van der Waals surface area (Å²) < 4.78 is 22.4. The molecule has 2 heterocycles. The molecule has 2 aromatic rings. The van der Waals surface area contributed by atoms with E-state index in [1.54, 1.807) is 6.92 Å². The van der Waals surface area contributed by atoms with E-state index >= 15 is 0 Å². The van der Waals surface area contributed by atoms with Gasteiger partial charge in [0.2, 0.25) is 11.6 Å². The molecule has 2 unspecified atom stereocenters. The Kier molecular flexibility index (Phi) is 6.51. The summed E-state index contributed by atoms with van der Waals surface area (Å²) in [6.07, 6.45) is 0.761. The van der Waals surface area contributed by atoms with Crippen molar-refractivity contribution in [3.63, 3.8) is 0 Å². The number of H-pyrrole nitrogens is 1. The minimum atomic E-state index is -3.79. The van der Waals surface area contributed by atoms with Crippen molar-refractivity contribution in [3.05, 3.63) is 16.7 Å². The number of hydrogen-bond donors (Lipinski definition) is 4. The lowest BCUT2D eigenvalue weighted by Crippen LogP contribution is -2.26. The molecule has 0 bridgehead atoms. The predicted molar refractivity (Wildman–Crippen MR) is 86.9 cm³/mol. The van der Waals surface area contributed by atoms with Gasteiger partial charge in [-0.1, -0.05) is 0 Å². The average molecular weight is 377 g/mol. The third-order valence-corrected chi connectivity index (χ3v) is 4.21. The lowest BCUT2D eigenvalue weighted by Gasteiger charge is -2.17. The highest BCUT2D eigenvalue weighted by atomic mass is 31.2. The van der Waals surface area contributed by atoms with Crippen LogP contribution in [-0.4, -0.2) is 62.5 Å². The van der Waals surface area contributed by atoms with Crippen LogP contribution in [0.5, 0.6) is 0 Å². The molecular formula is C12H20N5O7P. The summed E-state index contributed by atoms with van der Waals surface area (Å²) in [5.74, 6) is -0.571. The van der Waals surface area contributed by atoms with Gasteiger partial charge in [0.25, 0.3) is 5.56 Å². The number of nitrogen functional groups attached to an aromatic ring is 1. The van der Waals surface area contributed by atoms with E-state index in [1.165, 1.54) is 6.33 Å². The number of imidazole rings is 1. The summed E-state index contributed by atoms with van der Waals surface area (Å²) in [6.45, 7) is 1.35. The van der Waals surface area contributed by atoms with Gasteiger partial charge in [-0.05, 0) is 6.92 Å². The molecule has 2 atom stereocenters. The number of nitrogens with two attached hydrogens (primary N) is 1. The van der Waals surface area contributed by atoms with Crippen molar-refractivity contribution < 1.29 is 28.7 Å². The Morgan fingerprint density at radius 1 is 1.48 bits per heavy atom. The Balaban J connectivity index is 1.93. The molecule has 0 aliphatic heterocycles. The zero-order valence-corrected chi connectivity index (χ0v) is 14.4. The molecule has 0 saturated heterocycles. The highest BCUT2D eigenvalue weighted by molar-refractivity contribution is 7.52. The molecule has 25 heavy (non-hydrogen) atoms. The van der Waals surface area contributed by atoms with E-state index in [0.717, 1.165) is 4.73 Å². The average Bonchev–Trinajstić information content (AvgIpc) is 2.93. The van der Waals surface area contributed by atoms with Crippen molar-refractivity contribution in [3.8, 4) is 0 Å². The molecule has 0 aliphatic carbocycles. The number of nitrogens with zero attached hydrogens (tertiary/aromatic N) is 3. The normalized spacial score (nSPS) is 15.2. The molecule has 0 saturated carbocycles. The van der Waals surface area contributed by atoms with E-state index in [4.69, 9.17) is 15.3 Å². The Morgan fingerprint density at radius 3 is 2.92 bits per heavy atom. The van der Waals surface area contributed by atoms with Gasteiger partial charge in [-0.2, -0.15) is 9.71 Å². The SMILES string of the molecule is CCOP(=O)(O)COCC(CO)COn1cnc2c(=O)[nH]c(N)nc21. The molecule has 140 valence electrons. The van der Waals surface area contributed by atoms with Crippen LogP contribution in [0.2, 0.25) is 0 Å². The first-order valence-corrected chi connectivity index (χ1v) is 9.13. The van der Waals surface area contributed by atoms with E-state index in [2.05, 4.69) is 19.5 Å². The second kappa shape index (κ2) is 8.41. The van der Waals surface area contributed by atoms with Crippen molar-refractivity contribution in [1.82, 2.24) is 19.7 Å². The summed E-state index contributed by atoms with van der Waals surface area (Å²) in [4.78, 5) is 36.6. The van der Waals surface area contributed by atoms with E-state index < -0.39 is 25.4 Å². The maximum Gasteiger partial charge on any atom is 0.353 e. The van der Waals surface area contributed by atoms with E-state index in [1.807, 2.05) is 0 Å². The monoisotopic (exact) mass is 377 g/mol. The second-order valence-corrected chi connectivity index (χ2v) is 6.88. The van der Waals surface area contributed by atoms with Crippen LogP contribution in [0.1, 0.15) is 6.92 Å². The summed E-state index contributed by atoms with van der Waals surface area (Å²) >= 11 is 0.